The number of amides is 1. The van der Waals surface area contributed by atoms with E-state index in [2.05, 4.69) is 5.32 Å². The molecule has 0 aliphatic carbocycles. The lowest BCUT2D eigenvalue weighted by Gasteiger charge is -2.30. The number of aliphatic carboxylic acids is 1. The van der Waals surface area contributed by atoms with E-state index in [0.29, 0.717) is 29.2 Å². The van der Waals surface area contributed by atoms with E-state index in [9.17, 15) is 23.1 Å². The molecule has 1 amide bonds. The van der Waals surface area contributed by atoms with Crippen LogP contribution in [0.5, 0.6) is 0 Å². The van der Waals surface area contributed by atoms with E-state index in [4.69, 9.17) is 23.2 Å². The van der Waals surface area contributed by atoms with Crippen LogP contribution in [0.4, 0.5) is 5.69 Å². The molecule has 36 heavy (non-hydrogen) atoms. The van der Waals surface area contributed by atoms with Crippen LogP contribution in [0.25, 0.3) is 10.8 Å². The van der Waals surface area contributed by atoms with E-state index < -0.39 is 22.0 Å². The number of benzene rings is 3. The van der Waals surface area contributed by atoms with Crippen LogP contribution in [-0.4, -0.2) is 37.5 Å². The maximum atomic E-state index is 13.9. The number of hydrogen-bond acceptors (Lipinski definition) is 4. The number of sulfonamides is 1. The maximum Gasteiger partial charge on any atom is 0.327 e. The minimum atomic E-state index is -4.38. The number of carbonyl (C=O) groups excluding carboxylic acids is 1. The van der Waals surface area contributed by atoms with Gasteiger partial charge in [0.05, 0.1) is 10.6 Å². The molecule has 1 unspecified atom stereocenters. The van der Waals surface area contributed by atoms with Crippen molar-refractivity contribution < 1.29 is 23.1 Å². The van der Waals surface area contributed by atoms with Gasteiger partial charge in [-0.05, 0) is 67.4 Å². The highest BCUT2D eigenvalue weighted by Gasteiger charge is 2.36. The zero-order valence-electron chi connectivity index (χ0n) is 20.2. The van der Waals surface area contributed by atoms with Crippen LogP contribution >= 0.6 is 23.2 Å². The molecule has 1 atom stereocenters. The molecule has 0 spiro atoms. The molecule has 0 aliphatic heterocycles. The van der Waals surface area contributed by atoms with Gasteiger partial charge in [-0.1, -0.05) is 61.2 Å². The Morgan fingerprint density at radius 3 is 2.28 bits per heavy atom. The molecular weight excluding hydrogens is 523 g/mol. The monoisotopic (exact) mass is 550 g/mol. The number of carboxylic acid groups (broad SMARTS) is 1. The lowest BCUT2D eigenvalue weighted by molar-refractivity contribution is -0.138. The molecule has 0 fully saturated rings. The molecule has 192 valence electrons. The summed E-state index contributed by atoms with van der Waals surface area (Å²) < 4.78 is 28.6. The third kappa shape index (κ3) is 6.11. The van der Waals surface area contributed by atoms with Gasteiger partial charge in [-0.2, -0.15) is 0 Å². The van der Waals surface area contributed by atoms with Crippen molar-refractivity contribution in [2.45, 2.75) is 57.0 Å². The standard InChI is InChI=1S/C26H28Cl2N2O5S/c1-4-5-9-24(26(32)33)30(36(34,35)21-14-18(27)13-19(28)15-21)20-10-11-22-17(12-20)7-6-8-23(22)25(31)29-16(2)3/h6-8,10-16,24H,4-5,9H2,1-3H3,(H,29,31)(H,32,33). The summed E-state index contributed by atoms with van der Waals surface area (Å²) in [4.78, 5) is 24.8. The predicted molar refractivity (Wildman–Crippen MR) is 144 cm³/mol. The van der Waals surface area contributed by atoms with Crippen LogP contribution in [0.2, 0.25) is 10.0 Å². The highest BCUT2D eigenvalue weighted by molar-refractivity contribution is 7.93. The highest BCUT2D eigenvalue weighted by Crippen LogP contribution is 2.33. The van der Waals surface area contributed by atoms with Gasteiger partial charge in [0.15, 0.2) is 0 Å². The van der Waals surface area contributed by atoms with Crippen molar-refractivity contribution in [3.05, 3.63) is 70.2 Å². The molecule has 0 saturated carbocycles. The second-order valence-electron chi connectivity index (χ2n) is 8.74. The maximum absolute atomic E-state index is 13.9. The molecule has 0 bridgehead atoms. The van der Waals surface area contributed by atoms with E-state index in [1.807, 2.05) is 20.8 Å². The molecule has 0 saturated heterocycles. The fourth-order valence-corrected chi connectivity index (χ4v) is 6.32. The van der Waals surface area contributed by atoms with Crippen LogP contribution in [0.3, 0.4) is 0 Å². The van der Waals surface area contributed by atoms with Crippen molar-refractivity contribution in [2.75, 3.05) is 4.31 Å². The third-order valence-electron chi connectivity index (χ3n) is 5.58. The van der Waals surface area contributed by atoms with Gasteiger partial charge in [-0.25, -0.2) is 13.2 Å². The van der Waals surface area contributed by atoms with E-state index in [0.717, 1.165) is 4.31 Å². The van der Waals surface area contributed by atoms with Crippen molar-refractivity contribution in [2.24, 2.45) is 0 Å². The Balaban J connectivity index is 2.22. The summed E-state index contributed by atoms with van der Waals surface area (Å²) in [5, 5.41) is 14.3. The molecule has 0 heterocycles. The summed E-state index contributed by atoms with van der Waals surface area (Å²) in [7, 11) is -4.38. The number of fused-ring (bicyclic) bond motifs is 1. The molecule has 2 N–H and O–H groups in total. The Morgan fingerprint density at radius 1 is 1.03 bits per heavy atom. The number of rotatable bonds is 10. The molecule has 7 nitrogen and oxygen atoms in total. The van der Waals surface area contributed by atoms with Gasteiger partial charge in [0.1, 0.15) is 6.04 Å². The summed E-state index contributed by atoms with van der Waals surface area (Å²) in [5.41, 5.74) is 0.591. The van der Waals surface area contributed by atoms with E-state index in [1.165, 1.54) is 24.3 Å². The first-order chi connectivity index (χ1) is 16.9. The number of nitrogens with one attached hydrogen (secondary N) is 1. The van der Waals surface area contributed by atoms with Crippen molar-refractivity contribution >= 4 is 61.6 Å². The minimum absolute atomic E-state index is 0.0629. The van der Waals surface area contributed by atoms with Crippen molar-refractivity contribution in [1.29, 1.82) is 0 Å². The SMILES string of the molecule is CCCCC(C(=O)O)N(c1ccc2c(C(=O)NC(C)C)cccc2c1)S(=O)(=O)c1cc(Cl)cc(Cl)c1. The second-order valence-corrected chi connectivity index (χ2v) is 11.4. The molecular formula is C26H28Cl2N2O5S. The van der Waals surface area contributed by atoms with Gasteiger partial charge >= 0.3 is 5.97 Å². The van der Waals surface area contributed by atoms with Crippen molar-refractivity contribution in [3.8, 4) is 0 Å². The fourth-order valence-electron chi connectivity index (χ4n) is 3.96. The van der Waals surface area contributed by atoms with Gasteiger partial charge in [0, 0.05) is 21.7 Å². The number of carbonyl (C=O) groups is 2. The molecule has 10 heteroatoms. The Kier molecular flexibility index (Phi) is 8.87. The van der Waals surface area contributed by atoms with Gasteiger partial charge in [0.2, 0.25) is 0 Å². The third-order valence-corrected chi connectivity index (χ3v) is 7.83. The highest BCUT2D eigenvalue weighted by atomic mass is 35.5. The van der Waals surface area contributed by atoms with Crippen LogP contribution in [0, 0.1) is 0 Å². The van der Waals surface area contributed by atoms with Crippen LogP contribution < -0.4 is 9.62 Å². The smallest absolute Gasteiger partial charge is 0.327 e. The Bertz CT molecular complexity index is 1370. The average molecular weight is 551 g/mol. The Labute approximate surface area is 221 Å². The minimum Gasteiger partial charge on any atom is -0.480 e. The van der Waals surface area contributed by atoms with Gasteiger partial charge in [-0.15, -0.1) is 0 Å². The molecule has 0 aromatic heterocycles. The van der Waals surface area contributed by atoms with Crippen LogP contribution in [0.1, 0.15) is 50.4 Å². The van der Waals surface area contributed by atoms with Gasteiger partial charge < -0.3 is 10.4 Å². The number of halogens is 2. The Morgan fingerprint density at radius 2 is 1.69 bits per heavy atom. The number of hydrogen-bond donors (Lipinski definition) is 2. The fraction of sp³-hybridized carbons (Fsp3) is 0.308. The average Bonchev–Trinajstić information content (AvgIpc) is 2.79. The largest absolute Gasteiger partial charge is 0.480 e. The second kappa shape index (κ2) is 11.5. The molecule has 0 radical (unpaired) electrons. The topological polar surface area (TPSA) is 104 Å². The lowest BCUT2D eigenvalue weighted by Crippen LogP contribution is -2.45. The summed E-state index contributed by atoms with van der Waals surface area (Å²) >= 11 is 12.1. The zero-order chi connectivity index (χ0) is 26.6. The van der Waals surface area contributed by atoms with E-state index in [1.54, 1.807) is 30.3 Å². The van der Waals surface area contributed by atoms with Gasteiger partial charge in [-0.3, -0.25) is 9.10 Å². The Hall–Kier alpha value is -2.81. The summed E-state index contributed by atoms with van der Waals surface area (Å²) in [5.74, 6) is -1.53. The quantitative estimate of drug-likeness (QED) is 0.316. The molecule has 3 aromatic carbocycles. The van der Waals surface area contributed by atoms with Gasteiger partial charge in [0.25, 0.3) is 15.9 Å². The summed E-state index contributed by atoms with van der Waals surface area (Å²) in [6, 6.07) is 12.3. The first-order valence-corrected chi connectivity index (χ1v) is 13.7. The summed E-state index contributed by atoms with van der Waals surface area (Å²) in [6.07, 6.45) is 1.30. The predicted octanol–water partition coefficient (Wildman–Crippen LogP) is 6.12. The van der Waals surface area contributed by atoms with E-state index in [-0.39, 0.29) is 39.0 Å². The first-order valence-electron chi connectivity index (χ1n) is 11.5. The number of carboxylic acids is 1. The van der Waals surface area contributed by atoms with E-state index >= 15 is 0 Å². The van der Waals surface area contributed by atoms with Crippen molar-refractivity contribution in [1.82, 2.24) is 5.32 Å². The normalized spacial score (nSPS) is 12.5. The molecule has 3 rings (SSSR count). The zero-order valence-corrected chi connectivity index (χ0v) is 22.5. The van der Waals surface area contributed by atoms with Crippen molar-refractivity contribution in [3.63, 3.8) is 0 Å². The molecule has 0 aliphatic rings. The summed E-state index contributed by atoms with van der Waals surface area (Å²) in [6.45, 7) is 5.61. The van der Waals surface area contributed by atoms with Crippen LogP contribution in [0.15, 0.2) is 59.5 Å². The number of unbranched alkanes of at least 4 members (excludes halogenated alkanes) is 1. The number of anilines is 1. The lowest BCUT2D eigenvalue weighted by atomic mass is 10.0. The number of nitrogens with zero attached hydrogens (tertiary/aromatic N) is 1. The first kappa shape index (κ1) is 27.8. The van der Waals surface area contributed by atoms with Crippen LogP contribution in [-0.2, 0) is 14.8 Å². The molecule has 3 aromatic rings.